The summed E-state index contributed by atoms with van der Waals surface area (Å²) in [6.07, 6.45) is 3.84. The molecule has 1 N–H and O–H groups in total. The molecule has 1 amide bonds. The predicted octanol–water partition coefficient (Wildman–Crippen LogP) is 2.84. The Morgan fingerprint density at radius 2 is 2.00 bits per heavy atom. The average Bonchev–Trinajstić information content (AvgIpc) is 3.09. The molecule has 0 spiro atoms. The molecule has 7 heteroatoms. The minimum absolute atomic E-state index is 0.0613. The van der Waals surface area contributed by atoms with Crippen molar-refractivity contribution in [1.29, 1.82) is 0 Å². The van der Waals surface area contributed by atoms with Gasteiger partial charge in [-0.05, 0) is 31.0 Å². The van der Waals surface area contributed by atoms with Crippen molar-refractivity contribution in [1.82, 2.24) is 4.98 Å². The van der Waals surface area contributed by atoms with Gasteiger partial charge < -0.3 is 10.2 Å². The van der Waals surface area contributed by atoms with Gasteiger partial charge in [-0.25, -0.2) is 4.98 Å². The van der Waals surface area contributed by atoms with Crippen LogP contribution in [0.4, 0.5) is 17.2 Å². The number of nitrogens with zero attached hydrogens (tertiary/aromatic N) is 3. The number of nitro benzene ring substituents is 1. The monoisotopic (exact) mass is 312 g/mol. The van der Waals surface area contributed by atoms with Gasteiger partial charge in [0.15, 0.2) is 0 Å². The largest absolute Gasteiger partial charge is 0.356 e. The molecule has 7 nitrogen and oxygen atoms in total. The Hall–Kier alpha value is -2.96. The summed E-state index contributed by atoms with van der Waals surface area (Å²) in [5.74, 6) is 0.341. The van der Waals surface area contributed by atoms with Gasteiger partial charge in [0.2, 0.25) is 0 Å². The van der Waals surface area contributed by atoms with E-state index in [1.807, 2.05) is 0 Å². The highest BCUT2D eigenvalue weighted by Gasteiger charge is 2.20. The fourth-order valence-corrected chi connectivity index (χ4v) is 2.65. The maximum Gasteiger partial charge on any atom is 0.271 e. The molecule has 0 radical (unpaired) electrons. The van der Waals surface area contributed by atoms with Gasteiger partial charge in [0.05, 0.1) is 10.5 Å². The second-order valence-electron chi connectivity index (χ2n) is 5.33. The van der Waals surface area contributed by atoms with E-state index in [9.17, 15) is 14.9 Å². The smallest absolute Gasteiger partial charge is 0.271 e. The molecule has 1 fully saturated rings. The van der Waals surface area contributed by atoms with Crippen LogP contribution in [0.3, 0.4) is 0 Å². The van der Waals surface area contributed by atoms with E-state index in [1.165, 1.54) is 12.1 Å². The van der Waals surface area contributed by atoms with Gasteiger partial charge in [-0.2, -0.15) is 0 Å². The number of nitrogens with one attached hydrogen (secondary N) is 1. The van der Waals surface area contributed by atoms with Crippen LogP contribution in [0.25, 0.3) is 0 Å². The Labute approximate surface area is 133 Å². The molecule has 0 atom stereocenters. The Morgan fingerprint density at radius 1 is 1.22 bits per heavy atom. The Kier molecular flexibility index (Phi) is 4.18. The van der Waals surface area contributed by atoms with Crippen LogP contribution in [0.15, 0.2) is 42.6 Å². The van der Waals surface area contributed by atoms with Crippen molar-refractivity contribution >= 4 is 23.1 Å². The molecule has 118 valence electrons. The van der Waals surface area contributed by atoms with Gasteiger partial charge in [-0.3, -0.25) is 14.9 Å². The van der Waals surface area contributed by atoms with Crippen LogP contribution >= 0.6 is 0 Å². The number of carbonyl (C=O) groups is 1. The molecule has 1 aliphatic rings. The summed E-state index contributed by atoms with van der Waals surface area (Å²) in [6.45, 7) is 1.77. The number of hydrogen-bond acceptors (Lipinski definition) is 5. The first kappa shape index (κ1) is 15.0. The molecule has 0 aliphatic carbocycles. The molecule has 1 saturated heterocycles. The predicted molar refractivity (Wildman–Crippen MR) is 86.7 cm³/mol. The fraction of sp³-hybridized carbons (Fsp3) is 0.250. The number of pyridine rings is 1. The third-order valence-electron chi connectivity index (χ3n) is 3.75. The van der Waals surface area contributed by atoms with E-state index >= 15 is 0 Å². The van der Waals surface area contributed by atoms with Gasteiger partial charge >= 0.3 is 0 Å². The van der Waals surface area contributed by atoms with E-state index < -0.39 is 4.92 Å². The number of non-ortho nitro benzene ring substituents is 1. The number of aromatic nitrogens is 1. The summed E-state index contributed by atoms with van der Waals surface area (Å²) in [5.41, 5.74) is 0.801. The number of anilines is 2. The molecule has 0 saturated carbocycles. The quantitative estimate of drug-likeness (QED) is 0.692. The van der Waals surface area contributed by atoms with Crippen LogP contribution in [0.5, 0.6) is 0 Å². The maximum atomic E-state index is 12.5. The van der Waals surface area contributed by atoms with Crippen molar-refractivity contribution in [3.63, 3.8) is 0 Å². The van der Waals surface area contributed by atoms with Crippen LogP contribution in [0.2, 0.25) is 0 Å². The lowest BCUT2D eigenvalue weighted by molar-refractivity contribution is -0.384. The lowest BCUT2D eigenvalue weighted by Crippen LogP contribution is -2.24. The number of amides is 1. The van der Waals surface area contributed by atoms with Crippen LogP contribution in [-0.2, 0) is 0 Å². The summed E-state index contributed by atoms with van der Waals surface area (Å²) in [7, 11) is 0. The molecule has 0 unspecified atom stereocenters. The first-order valence-corrected chi connectivity index (χ1v) is 7.41. The molecule has 1 aromatic carbocycles. The van der Waals surface area contributed by atoms with Crippen molar-refractivity contribution < 1.29 is 9.72 Å². The summed E-state index contributed by atoms with van der Waals surface area (Å²) in [4.78, 5) is 29.3. The van der Waals surface area contributed by atoms with Crippen molar-refractivity contribution in [3.8, 4) is 0 Å². The zero-order chi connectivity index (χ0) is 16.2. The minimum atomic E-state index is -0.491. The molecule has 0 bridgehead atoms. The zero-order valence-electron chi connectivity index (χ0n) is 12.4. The van der Waals surface area contributed by atoms with E-state index in [0.29, 0.717) is 17.1 Å². The van der Waals surface area contributed by atoms with Gasteiger partial charge in [0.1, 0.15) is 5.82 Å². The molecular formula is C16H16N4O3. The van der Waals surface area contributed by atoms with Gasteiger partial charge in [0, 0.05) is 37.1 Å². The van der Waals surface area contributed by atoms with Gasteiger partial charge in [-0.15, -0.1) is 0 Å². The summed E-state index contributed by atoms with van der Waals surface area (Å²) in [6, 6.07) is 9.31. The molecule has 23 heavy (non-hydrogen) atoms. The number of benzene rings is 1. The lowest BCUT2D eigenvalue weighted by Gasteiger charge is -2.19. The Morgan fingerprint density at radius 3 is 2.74 bits per heavy atom. The molecular weight excluding hydrogens is 296 g/mol. The number of nitro groups is 1. The summed E-state index contributed by atoms with van der Waals surface area (Å²) in [5, 5.41) is 13.5. The number of hydrogen-bond donors (Lipinski definition) is 1. The third kappa shape index (κ3) is 3.28. The molecule has 2 heterocycles. The van der Waals surface area contributed by atoms with Crippen molar-refractivity contribution in [2.45, 2.75) is 12.8 Å². The standard InChI is InChI=1S/C16H16N4O3/c21-16(18-12-5-3-6-13(11-12)20(22)23)14-7-4-8-17-15(14)19-9-1-2-10-19/h3-8,11H,1-2,9-10H2,(H,18,21). The molecule has 3 rings (SSSR count). The van der Waals surface area contributed by atoms with Crippen molar-refractivity contribution in [3.05, 3.63) is 58.3 Å². The molecule has 2 aromatic rings. The van der Waals surface area contributed by atoms with Gasteiger partial charge in [-0.1, -0.05) is 6.07 Å². The van der Waals surface area contributed by atoms with E-state index in [1.54, 1.807) is 30.5 Å². The zero-order valence-corrected chi connectivity index (χ0v) is 12.4. The highest BCUT2D eigenvalue weighted by atomic mass is 16.6. The van der Waals surface area contributed by atoms with E-state index in [4.69, 9.17) is 0 Å². The fourth-order valence-electron chi connectivity index (χ4n) is 2.65. The van der Waals surface area contributed by atoms with Crippen molar-refractivity contribution in [2.75, 3.05) is 23.3 Å². The molecule has 1 aromatic heterocycles. The minimum Gasteiger partial charge on any atom is -0.356 e. The maximum absolute atomic E-state index is 12.5. The average molecular weight is 312 g/mol. The second-order valence-corrected chi connectivity index (χ2v) is 5.33. The number of rotatable bonds is 4. The van der Waals surface area contributed by atoms with Crippen LogP contribution in [0.1, 0.15) is 23.2 Å². The van der Waals surface area contributed by atoms with Crippen molar-refractivity contribution in [2.24, 2.45) is 0 Å². The normalized spacial score (nSPS) is 13.8. The Balaban J connectivity index is 1.84. The first-order valence-electron chi connectivity index (χ1n) is 7.41. The Bertz CT molecular complexity index is 742. The third-order valence-corrected chi connectivity index (χ3v) is 3.75. The number of carbonyl (C=O) groups excluding carboxylic acids is 1. The second kappa shape index (κ2) is 6.43. The SMILES string of the molecule is O=C(Nc1cccc([N+](=O)[O-])c1)c1cccnc1N1CCCC1. The van der Waals surface area contributed by atoms with Crippen LogP contribution < -0.4 is 10.2 Å². The van der Waals surface area contributed by atoms with Crippen LogP contribution in [0, 0.1) is 10.1 Å². The van der Waals surface area contributed by atoms with E-state index in [2.05, 4.69) is 15.2 Å². The molecule has 1 aliphatic heterocycles. The summed E-state index contributed by atoms with van der Waals surface area (Å²) < 4.78 is 0. The topological polar surface area (TPSA) is 88.4 Å². The first-order chi connectivity index (χ1) is 11.1. The van der Waals surface area contributed by atoms with E-state index in [-0.39, 0.29) is 11.6 Å². The lowest BCUT2D eigenvalue weighted by atomic mass is 10.2. The highest BCUT2D eigenvalue weighted by molar-refractivity contribution is 6.07. The van der Waals surface area contributed by atoms with Crippen LogP contribution in [-0.4, -0.2) is 28.9 Å². The van der Waals surface area contributed by atoms with Gasteiger partial charge in [0.25, 0.3) is 11.6 Å². The highest BCUT2D eigenvalue weighted by Crippen LogP contribution is 2.23. The summed E-state index contributed by atoms with van der Waals surface area (Å²) >= 11 is 0. The van der Waals surface area contributed by atoms with E-state index in [0.717, 1.165) is 25.9 Å².